The molecule has 21 heavy (non-hydrogen) atoms. The molecule has 112 valence electrons. The topological polar surface area (TPSA) is 59.5 Å². The molecule has 0 aliphatic heterocycles. The smallest absolute Gasteiger partial charge is 0.290 e. The van der Waals surface area contributed by atoms with Crippen molar-refractivity contribution in [1.82, 2.24) is 4.90 Å². The first kappa shape index (κ1) is 15.3. The van der Waals surface area contributed by atoms with Gasteiger partial charge in [0.15, 0.2) is 5.76 Å². The van der Waals surface area contributed by atoms with Crippen molar-refractivity contribution >= 4 is 5.91 Å². The van der Waals surface area contributed by atoms with Crippen LogP contribution in [0.3, 0.4) is 0 Å². The summed E-state index contributed by atoms with van der Waals surface area (Å²) in [6, 6.07) is 13.3. The fourth-order valence-electron chi connectivity index (χ4n) is 2.12. The van der Waals surface area contributed by atoms with E-state index < -0.39 is 0 Å². The van der Waals surface area contributed by atoms with Crippen LogP contribution < -0.4 is 5.73 Å². The largest absolute Gasteiger partial charge is 0.454 e. The number of benzene rings is 1. The quantitative estimate of drug-likeness (QED) is 0.917. The molecule has 1 unspecified atom stereocenters. The van der Waals surface area contributed by atoms with Gasteiger partial charge in [-0.25, -0.2) is 0 Å². The minimum Gasteiger partial charge on any atom is -0.454 e. The zero-order valence-electron chi connectivity index (χ0n) is 12.7. The molecular formula is C17H22N2O2. The number of nitrogens with zero attached hydrogens (tertiary/aromatic N) is 1. The van der Waals surface area contributed by atoms with Crippen molar-refractivity contribution in [2.24, 2.45) is 5.73 Å². The molecule has 1 atom stereocenters. The van der Waals surface area contributed by atoms with Gasteiger partial charge in [0.05, 0.1) is 6.04 Å². The zero-order chi connectivity index (χ0) is 15.4. The second-order valence-corrected chi connectivity index (χ2v) is 5.50. The van der Waals surface area contributed by atoms with E-state index in [1.165, 1.54) is 0 Å². The molecule has 1 aromatic carbocycles. The summed E-state index contributed by atoms with van der Waals surface area (Å²) in [4.78, 5) is 14.4. The number of hydrogen-bond donors (Lipinski definition) is 1. The molecule has 1 heterocycles. The highest BCUT2D eigenvalue weighted by atomic mass is 16.4. The van der Waals surface area contributed by atoms with Gasteiger partial charge in [0, 0.05) is 12.6 Å². The summed E-state index contributed by atoms with van der Waals surface area (Å²) < 4.78 is 5.56. The Bertz CT molecular complexity index is 588. The molecule has 0 saturated carbocycles. The number of nitrogens with two attached hydrogens (primary N) is 1. The number of furan rings is 1. The van der Waals surface area contributed by atoms with Gasteiger partial charge >= 0.3 is 0 Å². The molecule has 4 nitrogen and oxygen atoms in total. The normalized spacial score (nSPS) is 12.4. The first-order valence-electron chi connectivity index (χ1n) is 7.19. The van der Waals surface area contributed by atoms with Crippen molar-refractivity contribution in [3.63, 3.8) is 0 Å². The van der Waals surface area contributed by atoms with Crippen LogP contribution in [0.1, 0.15) is 48.7 Å². The lowest BCUT2D eigenvalue weighted by molar-refractivity contribution is 0.0655. The van der Waals surface area contributed by atoms with E-state index in [-0.39, 0.29) is 18.0 Å². The summed E-state index contributed by atoms with van der Waals surface area (Å²) in [6.45, 7) is 6.38. The first-order chi connectivity index (χ1) is 9.99. The lowest BCUT2D eigenvalue weighted by atomic mass is 10.2. The van der Waals surface area contributed by atoms with E-state index in [1.54, 1.807) is 17.0 Å². The predicted molar refractivity (Wildman–Crippen MR) is 82.8 cm³/mol. The molecule has 0 aliphatic carbocycles. The van der Waals surface area contributed by atoms with E-state index in [0.717, 1.165) is 5.56 Å². The van der Waals surface area contributed by atoms with Gasteiger partial charge in [-0.05, 0) is 38.5 Å². The SMILES string of the molecule is CC(N)c1ccc(C(=O)N(Cc2ccccc2)C(C)C)o1. The molecule has 0 fully saturated rings. The highest BCUT2D eigenvalue weighted by Crippen LogP contribution is 2.18. The second kappa shape index (κ2) is 6.59. The van der Waals surface area contributed by atoms with Crippen molar-refractivity contribution < 1.29 is 9.21 Å². The first-order valence-corrected chi connectivity index (χ1v) is 7.19. The van der Waals surface area contributed by atoms with Gasteiger partial charge < -0.3 is 15.1 Å². The molecule has 2 aromatic rings. The Morgan fingerprint density at radius 1 is 1.14 bits per heavy atom. The van der Waals surface area contributed by atoms with Crippen LogP contribution in [0.15, 0.2) is 46.9 Å². The number of carbonyl (C=O) groups excluding carboxylic acids is 1. The standard InChI is InChI=1S/C17H22N2O2/c1-12(2)19(11-14-7-5-4-6-8-14)17(20)16-10-9-15(21-16)13(3)18/h4-10,12-13H,11,18H2,1-3H3. The Hall–Kier alpha value is -2.07. The molecule has 0 spiro atoms. The second-order valence-electron chi connectivity index (χ2n) is 5.50. The predicted octanol–water partition coefficient (Wildman–Crippen LogP) is 3.35. The van der Waals surface area contributed by atoms with E-state index in [0.29, 0.717) is 18.1 Å². The maximum absolute atomic E-state index is 12.6. The summed E-state index contributed by atoms with van der Waals surface area (Å²) in [6.07, 6.45) is 0. The highest BCUT2D eigenvalue weighted by molar-refractivity contribution is 5.91. The molecule has 1 amide bonds. The number of amides is 1. The Morgan fingerprint density at radius 3 is 2.33 bits per heavy atom. The van der Waals surface area contributed by atoms with Crippen LogP contribution in [0.5, 0.6) is 0 Å². The summed E-state index contributed by atoms with van der Waals surface area (Å²) in [5, 5.41) is 0. The molecule has 4 heteroatoms. The maximum atomic E-state index is 12.6. The van der Waals surface area contributed by atoms with Crippen molar-refractivity contribution in [3.05, 3.63) is 59.5 Å². The van der Waals surface area contributed by atoms with E-state index in [9.17, 15) is 4.79 Å². The van der Waals surface area contributed by atoms with Crippen molar-refractivity contribution in [2.45, 2.75) is 39.4 Å². The van der Waals surface area contributed by atoms with Crippen LogP contribution in [0.25, 0.3) is 0 Å². The molecule has 0 aliphatic rings. The average molecular weight is 286 g/mol. The molecule has 0 saturated heterocycles. The summed E-state index contributed by atoms with van der Waals surface area (Å²) in [5.41, 5.74) is 6.86. The van der Waals surface area contributed by atoms with Gasteiger partial charge in [-0.1, -0.05) is 30.3 Å². The van der Waals surface area contributed by atoms with E-state index in [1.807, 2.05) is 51.1 Å². The van der Waals surface area contributed by atoms with E-state index in [2.05, 4.69) is 0 Å². The molecule has 1 aromatic heterocycles. The Morgan fingerprint density at radius 2 is 1.81 bits per heavy atom. The van der Waals surface area contributed by atoms with Gasteiger partial charge in [-0.15, -0.1) is 0 Å². The van der Waals surface area contributed by atoms with Crippen molar-refractivity contribution in [1.29, 1.82) is 0 Å². The summed E-state index contributed by atoms with van der Waals surface area (Å²) in [7, 11) is 0. The Balaban J connectivity index is 2.19. The summed E-state index contributed by atoms with van der Waals surface area (Å²) in [5.74, 6) is 0.856. The minimum absolute atomic E-state index is 0.0848. The van der Waals surface area contributed by atoms with Gasteiger partial charge in [0.1, 0.15) is 5.76 Å². The molecular weight excluding hydrogens is 264 g/mol. The van der Waals surface area contributed by atoms with E-state index >= 15 is 0 Å². The average Bonchev–Trinajstić information content (AvgIpc) is 2.95. The molecule has 2 N–H and O–H groups in total. The van der Waals surface area contributed by atoms with Gasteiger partial charge in [-0.2, -0.15) is 0 Å². The van der Waals surface area contributed by atoms with Gasteiger partial charge in [0.25, 0.3) is 5.91 Å². The Labute approximate surface area is 125 Å². The third kappa shape index (κ3) is 3.73. The minimum atomic E-state index is -0.215. The summed E-state index contributed by atoms with van der Waals surface area (Å²) >= 11 is 0. The number of rotatable bonds is 5. The fourth-order valence-corrected chi connectivity index (χ4v) is 2.12. The molecule has 0 radical (unpaired) electrons. The van der Waals surface area contributed by atoms with Crippen LogP contribution in [0.4, 0.5) is 0 Å². The van der Waals surface area contributed by atoms with Crippen molar-refractivity contribution in [3.8, 4) is 0 Å². The number of carbonyl (C=O) groups is 1. The lowest BCUT2D eigenvalue weighted by Crippen LogP contribution is -2.36. The molecule has 0 bridgehead atoms. The maximum Gasteiger partial charge on any atom is 0.290 e. The lowest BCUT2D eigenvalue weighted by Gasteiger charge is -2.26. The molecule has 2 rings (SSSR count). The monoisotopic (exact) mass is 286 g/mol. The van der Waals surface area contributed by atoms with Gasteiger partial charge in [-0.3, -0.25) is 4.79 Å². The van der Waals surface area contributed by atoms with Crippen LogP contribution in [-0.4, -0.2) is 16.8 Å². The van der Waals surface area contributed by atoms with Crippen molar-refractivity contribution in [2.75, 3.05) is 0 Å². The van der Waals surface area contributed by atoms with Crippen LogP contribution >= 0.6 is 0 Å². The third-order valence-electron chi connectivity index (χ3n) is 3.37. The van der Waals surface area contributed by atoms with E-state index in [4.69, 9.17) is 10.2 Å². The highest BCUT2D eigenvalue weighted by Gasteiger charge is 2.22. The third-order valence-corrected chi connectivity index (χ3v) is 3.37. The zero-order valence-corrected chi connectivity index (χ0v) is 12.7. The van der Waals surface area contributed by atoms with Crippen LogP contribution in [0, 0.1) is 0 Å². The van der Waals surface area contributed by atoms with Gasteiger partial charge in [0.2, 0.25) is 0 Å². The fraction of sp³-hybridized carbons (Fsp3) is 0.353. The van der Waals surface area contributed by atoms with Crippen LogP contribution in [0.2, 0.25) is 0 Å². The van der Waals surface area contributed by atoms with Crippen LogP contribution in [-0.2, 0) is 6.54 Å². The number of hydrogen-bond acceptors (Lipinski definition) is 3. The Kier molecular flexibility index (Phi) is 4.81.